The van der Waals surface area contributed by atoms with E-state index < -0.39 is 17.7 Å². The molecule has 5 heteroatoms. The summed E-state index contributed by atoms with van der Waals surface area (Å²) in [5.74, 6) is -1.32. The van der Waals surface area contributed by atoms with Crippen molar-refractivity contribution in [2.24, 2.45) is 0 Å². The van der Waals surface area contributed by atoms with E-state index in [-0.39, 0.29) is 25.5 Å². The summed E-state index contributed by atoms with van der Waals surface area (Å²) in [5.41, 5.74) is 1.35. The smallest absolute Gasteiger partial charge is 0.547 e. The average molecular weight is 368 g/mol. The summed E-state index contributed by atoms with van der Waals surface area (Å²) in [6.07, 6.45) is -1.24. The van der Waals surface area contributed by atoms with Crippen molar-refractivity contribution >= 4 is 5.97 Å². The summed E-state index contributed by atoms with van der Waals surface area (Å²) in [4.78, 5) is 11.7. The molecule has 0 unspecified atom stereocenters. The Morgan fingerprint density at radius 3 is 1.46 bits per heavy atom. The largest absolute Gasteiger partial charge is 1.00 e. The van der Waals surface area contributed by atoms with Crippen LogP contribution in [0, 0.1) is 0 Å². The van der Waals surface area contributed by atoms with Gasteiger partial charge in [0, 0.05) is 7.11 Å². The molecule has 0 spiro atoms. The van der Waals surface area contributed by atoms with E-state index in [1.54, 1.807) is 0 Å². The Hall–Kier alpha value is -2.35. The zero-order valence-corrected chi connectivity index (χ0v) is 16.1. The second kappa shape index (κ2) is 10.3. The van der Waals surface area contributed by atoms with Crippen molar-refractivity contribution in [2.75, 3.05) is 13.7 Å². The van der Waals surface area contributed by atoms with E-state index in [9.17, 15) is 9.90 Å². The molecule has 0 aliphatic carbocycles. The molecule has 0 bridgehead atoms. The van der Waals surface area contributed by atoms with E-state index >= 15 is 0 Å². The minimum atomic E-state index is -1.32. The monoisotopic (exact) mass is 368 g/mol. The van der Waals surface area contributed by atoms with Gasteiger partial charge in [-0.05, 0) is 16.7 Å². The molecule has 0 fully saturated rings. The van der Waals surface area contributed by atoms with Crippen molar-refractivity contribution in [3.63, 3.8) is 0 Å². The van der Waals surface area contributed by atoms with Crippen LogP contribution < -0.4 is 24.0 Å². The van der Waals surface area contributed by atoms with Crippen molar-refractivity contribution in [3.8, 4) is 0 Å². The first kappa shape index (κ1) is 21.9. The van der Waals surface area contributed by atoms with E-state index in [1.807, 2.05) is 91.0 Å². The molecule has 0 aromatic heterocycles. The van der Waals surface area contributed by atoms with Gasteiger partial charge in [-0.2, -0.15) is 0 Å². The topological polar surface area (TPSA) is 58.6 Å². The summed E-state index contributed by atoms with van der Waals surface area (Å²) in [7, 11) is 1.44. The van der Waals surface area contributed by atoms with Crippen molar-refractivity contribution < 1.29 is 38.2 Å². The molecular formula is C23H21LiO4. The number of rotatable bonds is 8. The molecule has 138 valence electrons. The van der Waals surface area contributed by atoms with Crippen LogP contribution in [0.4, 0.5) is 0 Å². The van der Waals surface area contributed by atoms with Gasteiger partial charge < -0.3 is 19.4 Å². The number of methoxy groups -OCH3 is 1. The number of ether oxygens (including phenoxy) is 2. The molecule has 0 aliphatic rings. The molecule has 0 aliphatic heterocycles. The van der Waals surface area contributed by atoms with Gasteiger partial charge in [0.2, 0.25) is 0 Å². The molecule has 4 nitrogen and oxygen atoms in total. The maximum atomic E-state index is 11.7. The summed E-state index contributed by atoms with van der Waals surface area (Å²) in [6.45, 7) is -0.114. The van der Waals surface area contributed by atoms with Crippen LogP contribution in [0.5, 0.6) is 0 Å². The Balaban J connectivity index is 0.00000280. The third kappa shape index (κ3) is 4.55. The Kier molecular flexibility index (Phi) is 8.04. The number of carbonyl (C=O) groups is 1. The predicted octanol–water partition coefficient (Wildman–Crippen LogP) is -0.236. The molecule has 0 heterocycles. The van der Waals surface area contributed by atoms with Crippen molar-refractivity contribution in [2.45, 2.75) is 11.7 Å². The number of carboxylic acids is 1. The van der Waals surface area contributed by atoms with Crippen LogP contribution in [-0.4, -0.2) is 25.8 Å². The fourth-order valence-corrected chi connectivity index (χ4v) is 3.24. The number of benzene rings is 3. The first-order valence-electron chi connectivity index (χ1n) is 8.72. The number of hydrogen-bond acceptors (Lipinski definition) is 4. The number of carboxylic acid groups (broad SMARTS) is 1. The summed E-state index contributed by atoms with van der Waals surface area (Å²) in [5, 5.41) is 11.7. The first-order valence-corrected chi connectivity index (χ1v) is 8.72. The molecule has 3 aromatic rings. The van der Waals surface area contributed by atoms with Gasteiger partial charge in [-0.1, -0.05) is 91.0 Å². The van der Waals surface area contributed by atoms with Gasteiger partial charge in [0.15, 0.2) is 0 Å². The van der Waals surface area contributed by atoms with Gasteiger partial charge >= 0.3 is 18.9 Å². The maximum Gasteiger partial charge on any atom is 1.00 e. The normalized spacial score (nSPS) is 12.0. The average Bonchev–Trinajstić information content (AvgIpc) is 2.73. The molecule has 0 amide bonds. The SMILES string of the molecule is COC[C@@H](OC(c1ccccc1)(c1ccccc1)c1ccccc1)C(=O)[O-].[Li+]. The van der Waals surface area contributed by atoms with Crippen LogP contribution in [0.3, 0.4) is 0 Å². The van der Waals surface area contributed by atoms with E-state index in [4.69, 9.17) is 9.47 Å². The fourth-order valence-electron chi connectivity index (χ4n) is 3.24. The van der Waals surface area contributed by atoms with E-state index in [0.29, 0.717) is 0 Å². The van der Waals surface area contributed by atoms with Crippen molar-refractivity contribution in [1.29, 1.82) is 0 Å². The van der Waals surface area contributed by atoms with Crippen LogP contribution in [0.15, 0.2) is 91.0 Å². The van der Waals surface area contributed by atoms with Crippen LogP contribution in [-0.2, 0) is 19.9 Å². The van der Waals surface area contributed by atoms with E-state index in [1.165, 1.54) is 7.11 Å². The minimum absolute atomic E-state index is 0. The van der Waals surface area contributed by atoms with Crippen LogP contribution >= 0.6 is 0 Å². The molecule has 0 saturated heterocycles. The molecular weight excluding hydrogens is 347 g/mol. The number of hydrogen-bond donors (Lipinski definition) is 0. The molecule has 3 aromatic carbocycles. The Labute approximate surface area is 177 Å². The summed E-state index contributed by atoms with van der Waals surface area (Å²) in [6, 6.07) is 28.8. The second-order valence-electron chi connectivity index (χ2n) is 6.16. The van der Waals surface area contributed by atoms with Crippen LogP contribution in [0.25, 0.3) is 0 Å². The maximum absolute atomic E-state index is 11.7. The second-order valence-corrected chi connectivity index (χ2v) is 6.16. The van der Waals surface area contributed by atoms with E-state index in [0.717, 1.165) is 16.7 Å². The molecule has 0 radical (unpaired) electrons. The van der Waals surface area contributed by atoms with Crippen molar-refractivity contribution in [3.05, 3.63) is 108 Å². The molecule has 3 rings (SSSR count). The van der Waals surface area contributed by atoms with Crippen LogP contribution in [0.2, 0.25) is 0 Å². The summed E-state index contributed by atoms with van der Waals surface area (Å²) < 4.78 is 11.4. The van der Waals surface area contributed by atoms with E-state index in [2.05, 4.69) is 0 Å². The van der Waals surface area contributed by atoms with Gasteiger partial charge in [-0.3, -0.25) is 0 Å². The van der Waals surface area contributed by atoms with Gasteiger partial charge in [0.1, 0.15) is 11.7 Å². The summed E-state index contributed by atoms with van der Waals surface area (Å²) >= 11 is 0. The van der Waals surface area contributed by atoms with Crippen molar-refractivity contribution in [1.82, 2.24) is 0 Å². The molecule has 28 heavy (non-hydrogen) atoms. The standard InChI is InChI=1S/C23H22O4.Li/c1-26-17-21(22(24)25)27-23(18-11-5-2-6-12-18,19-13-7-3-8-14-19)20-15-9-4-10-16-20;/h2-16,21H,17H2,1H3,(H,24,25);/q;+1/p-1/t21-;/m1./s1. The first-order chi connectivity index (χ1) is 13.2. The quantitative estimate of drug-likeness (QED) is 0.407. The number of carbonyl (C=O) groups excluding carboxylic acids is 1. The Bertz CT molecular complexity index is 757. The zero-order valence-electron chi connectivity index (χ0n) is 16.1. The molecule has 0 saturated carbocycles. The third-order valence-corrected chi connectivity index (χ3v) is 4.44. The van der Waals surface area contributed by atoms with Crippen LogP contribution in [0.1, 0.15) is 16.7 Å². The third-order valence-electron chi connectivity index (χ3n) is 4.44. The fraction of sp³-hybridized carbons (Fsp3) is 0.174. The zero-order chi connectivity index (χ0) is 19.1. The van der Waals surface area contributed by atoms with Gasteiger partial charge in [-0.25, -0.2) is 0 Å². The minimum Gasteiger partial charge on any atom is -0.547 e. The predicted molar refractivity (Wildman–Crippen MR) is 101 cm³/mol. The molecule has 1 atom stereocenters. The molecule has 0 N–H and O–H groups in total. The Morgan fingerprint density at radius 1 is 0.821 bits per heavy atom. The van der Waals surface area contributed by atoms with Gasteiger partial charge in [0.05, 0.1) is 12.6 Å². The Morgan fingerprint density at radius 2 is 1.18 bits per heavy atom. The van der Waals surface area contributed by atoms with Gasteiger partial charge in [-0.15, -0.1) is 0 Å². The number of aliphatic carboxylic acids is 1. The van der Waals surface area contributed by atoms with Gasteiger partial charge in [0.25, 0.3) is 0 Å².